The molecule has 93 valence electrons. The van der Waals surface area contributed by atoms with Gasteiger partial charge in [-0.25, -0.2) is 0 Å². The van der Waals surface area contributed by atoms with Crippen LogP contribution in [0.4, 0.5) is 0 Å². The Hall–Kier alpha value is -0.950. The van der Waals surface area contributed by atoms with E-state index < -0.39 is 0 Å². The number of fused-ring (bicyclic) bond motifs is 1. The van der Waals surface area contributed by atoms with Gasteiger partial charge in [-0.3, -0.25) is 0 Å². The van der Waals surface area contributed by atoms with Gasteiger partial charge in [0.05, 0.1) is 0 Å². The van der Waals surface area contributed by atoms with E-state index in [1.165, 1.54) is 33.7 Å². The normalized spacial score (nSPS) is 13.2. The Kier molecular flexibility index (Phi) is 4.57. The van der Waals surface area contributed by atoms with E-state index in [0.29, 0.717) is 0 Å². The van der Waals surface area contributed by atoms with Crippen LogP contribution < -0.4 is 0 Å². The van der Waals surface area contributed by atoms with Gasteiger partial charge >= 0.3 is 0 Å². The Morgan fingerprint density at radius 3 is 2.26 bits per heavy atom. The van der Waals surface area contributed by atoms with Crippen molar-refractivity contribution in [1.82, 2.24) is 0 Å². The fourth-order valence-corrected chi connectivity index (χ4v) is 2.50. The molecule has 0 spiro atoms. The number of aryl methyl sites for hydroxylation is 2. The molecule has 1 heteroatoms. The third kappa shape index (κ3) is 2.97. The molecule has 1 aliphatic carbocycles. The molecule has 0 saturated heterocycles. The van der Waals surface area contributed by atoms with E-state index in [2.05, 4.69) is 68.5 Å². The first kappa shape index (κ1) is 14.5. The van der Waals surface area contributed by atoms with Crippen LogP contribution in [0.3, 0.4) is 0 Å². The molecular weight excluding hydrogens is 395 g/mol. The predicted molar refractivity (Wildman–Crippen MR) is 77.4 cm³/mol. The fourth-order valence-electron chi connectivity index (χ4n) is 2.50. The van der Waals surface area contributed by atoms with Crippen molar-refractivity contribution in [2.24, 2.45) is 0 Å². The molecule has 0 bridgehead atoms. The summed E-state index contributed by atoms with van der Waals surface area (Å²) in [6, 6.07) is 15.3. The molecule has 0 unspecified atom stereocenters. The summed E-state index contributed by atoms with van der Waals surface area (Å²) in [7, 11) is 0. The Morgan fingerprint density at radius 2 is 1.53 bits per heavy atom. The van der Waals surface area contributed by atoms with E-state index in [9.17, 15) is 0 Å². The van der Waals surface area contributed by atoms with Gasteiger partial charge in [-0.05, 0) is 48.1 Å². The van der Waals surface area contributed by atoms with Gasteiger partial charge in [-0.2, -0.15) is 0 Å². The molecule has 0 atom stereocenters. The van der Waals surface area contributed by atoms with E-state index in [4.69, 9.17) is 0 Å². The molecule has 0 heterocycles. The maximum atomic E-state index is 2.32. The van der Waals surface area contributed by atoms with Crippen molar-refractivity contribution < 1.29 is 25.8 Å². The van der Waals surface area contributed by atoms with Crippen LogP contribution >= 0.6 is 0 Å². The number of rotatable bonds is 2. The van der Waals surface area contributed by atoms with Gasteiger partial charge in [0, 0.05) is 31.8 Å². The zero-order chi connectivity index (χ0) is 12.5. The summed E-state index contributed by atoms with van der Waals surface area (Å²) in [5, 5.41) is 0. The van der Waals surface area contributed by atoms with Crippen molar-refractivity contribution in [1.29, 1.82) is 0 Å². The quantitative estimate of drug-likeness (QED) is 0.639. The van der Waals surface area contributed by atoms with Crippen molar-refractivity contribution in [3.05, 3.63) is 82.3 Å². The van der Waals surface area contributed by atoms with Gasteiger partial charge in [0.25, 0.3) is 0 Å². The molecule has 1 aliphatic rings. The maximum Gasteiger partial charge on any atom is 0.0317 e. The average molecular weight is 412 g/mol. The van der Waals surface area contributed by atoms with Gasteiger partial charge < -0.3 is 0 Å². The average Bonchev–Trinajstić information content (AvgIpc) is 2.74. The van der Waals surface area contributed by atoms with Gasteiger partial charge in [-0.1, -0.05) is 54.6 Å². The second kappa shape index (κ2) is 6.00. The first-order valence-electron chi connectivity index (χ1n) is 6.43. The summed E-state index contributed by atoms with van der Waals surface area (Å²) in [5.74, 6) is 1.43. The monoisotopic (exact) mass is 413 g/mol. The van der Waals surface area contributed by atoms with Crippen molar-refractivity contribution in [3.63, 3.8) is 0 Å². The van der Waals surface area contributed by atoms with Gasteiger partial charge in [0.15, 0.2) is 0 Å². The van der Waals surface area contributed by atoms with E-state index in [1.54, 1.807) is 0 Å². The minimum absolute atomic E-state index is 0. The van der Waals surface area contributed by atoms with Gasteiger partial charge in [-0.15, -0.1) is 0 Å². The third-order valence-corrected chi connectivity index (χ3v) is 3.71. The predicted octanol–water partition coefficient (Wildman–Crippen LogP) is 4.49. The standard InChI is InChI=1S/C18H17.Hf/c1-13-10-16-8-9-17(18(16)11-14(13)2)12-15-6-4-3-5-7-15;/h3-11H,12H2,1-2H3;. The number of benzene rings is 2. The largest absolute Gasteiger partial charge is 0.0718 e. The molecule has 0 fully saturated rings. The first-order valence-corrected chi connectivity index (χ1v) is 6.43. The molecule has 0 nitrogen and oxygen atoms in total. The summed E-state index contributed by atoms with van der Waals surface area (Å²) < 4.78 is 0. The Morgan fingerprint density at radius 1 is 0.842 bits per heavy atom. The molecule has 1 radical (unpaired) electrons. The first-order chi connectivity index (χ1) is 8.74. The SMILES string of the molecule is Cc1cc2c(cc1C)[C](Cc1ccccc1)C=C2.[Hf]. The Bertz CT molecular complexity index is 597. The molecule has 0 aliphatic heterocycles. The van der Waals surface area contributed by atoms with Crippen LogP contribution in [0.15, 0.2) is 48.5 Å². The molecule has 0 saturated carbocycles. The summed E-state index contributed by atoms with van der Waals surface area (Å²) in [6.07, 6.45) is 5.52. The zero-order valence-electron chi connectivity index (χ0n) is 11.4. The molecule has 0 aromatic heterocycles. The van der Waals surface area contributed by atoms with Crippen LogP contribution in [-0.4, -0.2) is 0 Å². The Labute approximate surface area is 134 Å². The van der Waals surface area contributed by atoms with Gasteiger partial charge in [0.1, 0.15) is 0 Å². The van der Waals surface area contributed by atoms with Crippen molar-refractivity contribution >= 4 is 6.08 Å². The topological polar surface area (TPSA) is 0 Å². The zero-order valence-corrected chi connectivity index (χ0v) is 15.0. The number of hydrogen-bond acceptors (Lipinski definition) is 0. The molecule has 0 N–H and O–H groups in total. The summed E-state index contributed by atoms with van der Waals surface area (Å²) >= 11 is 0. The summed E-state index contributed by atoms with van der Waals surface area (Å²) in [6.45, 7) is 4.37. The van der Waals surface area contributed by atoms with Crippen LogP contribution in [0.5, 0.6) is 0 Å². The van der Waals surface area contributed by atoms with Crippen LogP contribution in [0.1, 0.15) is 27.8 Å². The van der Waals surface area contributed by atoms with E-state index in [0.717, 1.165) is 6.42 Å². The van der Waals surface area contributed by atoms with Gasteiger partial charge in [0.2, 0.25) is 0 Å². The fraction of sp³-hybridized carbons (Fsp3) is 0.167. The van der Waals surface area contributed by atoms with Crippen molar-refractivity contribution in [2.45, 2.75) is 20.3 Å². The van der Waals surface area contributed by atoms with E-state index >= 15 is 0 Å². The van der Waals surface area contributed by atoms with E-state index in [1.807, 2.05) is 0 Å². The Balaban J connectivity index is 0.00000133. The van der Waals surface area contributed by atoms with Crippen LogP contribution in [0.2, 0.25) is 0 Å². The minimum Gasteiger partial charge on any atom is -0.0718 e. The molecule has 19 heavy (non-hydrogen) atoms. The minimum atomic E-state index is 0. The van der Waals surface area contributed by atoms with Crippen LogP contribution in [-0.2, 0) is 32.3 Å². The smallest absolute Gasteiger partial charge is 0.0317 e. The van der Waals surface area contributed by atoms with Crippen molar-refractivity contribution in [3.8, 4) is 0 Å². The van der Waals surface area contributed by atoms with Crippen LogP contribution in [0, 0.1) is 19.8 Å². The third-order valence-electron chi connectivity index (χ3n) is 3.71. The molecular formula is C18H17Hf. The maximum absolute atomic E-state index is 2.32. The second-order valence-electron chi connectivity index (χ2n) is 5.04. The van der Waals surface area contributed by atoms with E-state index in [-0.39, 0.29) is 25.8 Å². The molecule has 2 aromatic carbocycles. The summed E-state index contributed by atoms with van der Waals surface area (Å²) in [4.78, 5) is 0. The molecule has 3 rings (SSSR count). The number of hydrogen-bond donors (Lipinski definition) is 0. The number of allylic oxidation sites excluding steroid dienone is 1. The molecule has 0 amide bonds. The second-order valence-corrected chi connectivity index (χ2v) is 5.04. The molecule has 2 aromatic rings. The summed E-state index contributed by atoms with van der Waals surface area (Å²) in [5.41, 5.74) is 6.90. The van der Waals surface area contributed by atoms with Crippen LogP contribution in [0.25, 0.3) is 6.08 Å². The van der Waals surface area contributed by atoms with Crippen molar-refractivity contribution in [2.75, 3.05) is 0 Å².